The number of para-hydroxylation sites is 1. The van der Waals surface area contributed by atoms with Gasteiger partial charge in [-0.15, -0.1) is 0 Å². The Morgan fingerprint density at radius 3 is 2.73 bits per heavy atom. The molecular formula is C21H21Cl2N3. The Balaban J connectivity index is 1.84. The number of hydrogen-bond acceptors (Lipinski definition) is 3. The van der Waals surface area contributed by atoms with Gasteiger partial charge in [0.05, 0.1) is 27.3 Å². The van der Waals surface area contributed by atoms with Crippen molar-refractivity contribution in [1.29, 1.82) is 0 Å². The van der Waals surface area contributed by atoms with E-state index in [0.717, 1.165) is 54.8 Å². The molecule has 1 aromatic heterocycles. The van der Waals surface area contributed by atoms with Crippen LogP contribution in [0.2, 0.25) is 10.0 Å². The summed E-state index contributed by atoms with van der Waals surface area (Å²) in [6.07, 6.45) is 1.10. The van der Waals surface area contributed by atoms with Gasteiger partial charge in [-0.2, -0.15) is 0 Å². The number of rotatable bonds is 3. The molecule has 0 radical (unpaired) electrons. The second kappa shape index (κ2) is 7.93. The topological polar surface area (TPSA) is 28.2 Å². The molecule has 2 aromatic carbocycles. The molecule has 2 heterocycles. The van der Waals surface area contributed by atoms with Crippen LogP contribution in [0, 0.1) is 0 Å². The highest BCUT2D eigenvalue weighted by molar-refractivity contribution is 6.42. The van der Waals surface area contributed by atoms with E-state index in [9.17, 15) is 0 Å². The van der Waals surface area contributed by atoms with Crippen LogP contribution in [0.25, 0.3) is 10.9 Å². The van der Waals surface area contributed by atoms with Crippen LogP contribution in [0.1, 0.15) is 23.7 Å². The summed E-state index contributed by atoms with van der Waals surface area (Å²) in [5.74, 6) is 0. The van der Waals surface area contributed by atoms with Crippen molar-refractivity contribution >= 4 is 34.1 Å². The van der Waals surface area contributed by atoms with Gasteiger partial charge in [-0.3, -0.25) is 9.88 Å². The summed E-state index contributed by atoms with van der Waals surface area (Å²) in [7, 11) is 0. The zero-order valence-corrected chi connectivity index (χ0v) is 16.0. The number of fused-ring (bicyclic) bond motifs is 1. The summed E-state index contributed by atoms with van der Waals surface area (Å²) in [4.78, 5) is 7.42. The van der Waals surface area contributed by atoms with Gasteiger partial charge in [-0.25, -0.2) is 0 Å². The van der Waals surface area contributed by atoms with Crippen LogP contribution in [0.15, 0.2) is 54.6 Å². The van der Waals surface area contributed by atoms with Gasteiger partial charge in [0.1, 0.15) is 0 Å². The van der Waals surface area contributed by atoms with E-state index < -0.39 is 0 Å². The molecule has 3 aromatic rings. The van der Waals surface area contributed by atoms with E-state index in [0.29, 0.717) is 10.0 Å². The van der Waals surface area contributed by atoms with Gasteiger partial charge < -0.3 is 5.32 Å². The first-order valence-electron chi connectivity index (χ1n) is 8.98. The molecule has 0 saturated carbocycles. The Bertz CT molecular complexity index is 905. The van der Waals surface area contributed by atoms with Crippen LogP contribution < -0.4 is 5.32 Å². The standard InChI is InChI=1S/C21H21Cl2N3/c22-17-7-3-6-16(20(17)23)21(26-13-4-11-24-12-14-26)19-10-9-15-5-1-2-8-18(15)25-19/h1-3,5-10,21,24H,4,11-14H2. The molecule has 0 spiro atoms. The van der Waals surface area contributed by atoms with Crippen LogP contribution in [-0.4, -0.2) is 36.1 Å². The van der Waals surface area contributed by atoms with E-state index in [1.165, 1.54) is 0 Å². The molecule has 0 bridgehead atoms. The van der Waals surface area contributed by atoms with E-state index >= 15 is 0 Å². The minimum absolute atomic E-state index is 0.00861. The molecule has 1 N–H and O–H groups in total. The van der Waals surface area contributed by atoms with E-state index in [1.54, 1.807) is 0 Å². The SMILES string of the molecule is Clc1cccc(C(c2ccc3ccccc3n2)N2CCCNCC2)c1Cl. The zero-order chi connectivity index (χ0) is 17.9. The molecule has 1 aliphatic heterocycles. The Labute approximate surface area is 163 Å². The summed E-state index contributed by atoms with van der Waals surface area (Å²) in [5, 5.41) is 5.82. The van der Waals surface area contributed by atoms with Crippen molar-refractivity contribution in [1.82, 2.24) is 15.2 Å². The molecule has 5 heteroatoms. The average molecular weight is 386 g/mol. The number of benzene rings is 2. The maximum atomic E-state index is 6.61. The summed E-state index contributed by atoms with van der Waals surface area (Å²) in [6.45, 7) is 3.94. The maximum absolute atomic E-state index is 6.61. The van der Waals surface area contributed by atoms with Gasteiger partial charge in [0.25, 0.3) is 0 Å². The molecule has 1 fully saturated rings. The van der Waals surface area contributed by atoms with Gasteiger partial charge in [0, 0.05) is 25.0 Å². The average Bonchev–Trinajstić information content (AvgIpc) is 2.95. The maximum Gasteiger partial charge on any atom is 0.0792 e. The fourth-order valence-corrected chi connectivity index (χ4v) is 4.04. The second-order valence-electron chi connectivity index (χ2n) is 6.61. The first kappa shape index (κ1) is 17.7. The van der Waals surface area contributed by atoms with Crippen LogP contribution in [-0.2, 0) is 0 Å². The van der Waals surface area contributed by atoms with Crippen LogP contribution >= 0.6 is 23.2 Å². The monoisotopic (exact) mass is 385 g/mol. The van der Waals surface area contributed by atoms with E-state index in [-0.39, 0.29) is 6.04 Å². The number of halogens is 2. The Kier molecular flexibility index (Phi) is 5.41. The van der Waals surface area contributed by atoms with Gasteiger partial charge in [0.2, 0.25) is 0 Å². The highest BCUT2D eigenvalue weighted by atomic mass is 35.5. The number of aromatic nitrogens is 1. The summed E-state index contributed by atoms with van der Waals surface area (Å²) in [5.41, 5.74) is 3.03. The van der Waals surface area contributed by atoms with Crippen LogP contribution in [0.5, 0.6) is 0 Å². The molecule has 1 aliphatic rings. The third-order valence-corrected chi connectivity index (χ3v) is 5.75. The number of nitrogens with zero attached hydrogens (tertiary/aromatic N) is 2. The van der Waals surface area contributed by atoms with Gasteiger partial charge >= 0.3 is 0 Å². The van der Waals surface area contributed by atoms with Crippen LogP contribution in [0.3, 0.4) is 0 Å². The van der Waals surface area contributed by atoms with Gasteiger partial charge in [-0.1, -0.05) is 59.6 Å². The van der Waals surface area contributed by atoms with E-state index in [4.69, 9.17) is 28.2 Å². The number of hydrogen-bond donors (Lipinski definition) is 1. The minimum atomic E-state index is -0.00861. The van der Waals surface area contributed by atoms with Crippen molar-refractivity contribution < 1.29 is 0 Å². The molecule has 1 atom stereocenters. The third kappa shape index (κ3) is 3.58. The molecule has 0 aliphatic carbocycles. The normalized spacial score (nSPS) is 17.2. The Morgan fingerprint density at radius 1 is 0.923 bits per heavy atom. The Hall–Kier alpha value is -1.65. The van der Waals surface area contributed by atoms with Gasteiger partial charge in [0.15, 0.2) is 0 Å². The molecule has 134 valence electrons. The lowest BCUT2D eigenvalue weighted by Crippen LogP contribution is -2.33. The van der Waals surface area contributed by atoms with E-state index in [1.807, 2.05) is 24.3 Å². The summed E-state index contributed by atoms with van der Waals surface area (Å²) < 4.78 is 0. The molecule has 1 unspecified atom stereocenters. The van der Waals surface area contributed by atoms with Crippen molar-refractivity contribution in [2.45, 2.75) is 12.5 Å². The predicted molar refractivity (Wildman–Crippen MR) is 109 cm³/mol. The lowest BCUT2D eigenvalue weighted by atomic mass is 10.00. The quantitative estimate of drug-likeness (QED) is 0.692. The molecule has 0 amide bonds. The lowest BCUT2D eigenvalue weighted by Gasteiger charge is -2.31. The smallest absolute Gasteiger partial charge is 0.0792 e. The highest BCUT2D eigenvalue weighted by Gasteiger charge is 2.27. The first-order valence-corrected chi connectivity index (χ1v) is 9.74. The second-order valence-corrected chi connectivity index (χ2v) is 7.40. The minimum Gasteiger partial charge on any atom is -0.315 e. The first-order chi connectivity index (χ1) is 12.7. The molecular weight excluding hydrogens is 365 g/mol. The van der Waals surface area contributed by atoms with Gasteiger partial charge in [-0.05, 0) is 36.7 Å². The number of pyridine rings is 1. The van der Waals surface area contributed by atoms with Crippen molar-refractivity contribution in [3.8, 4) is 0 Å². The third-order valence-electron chi connectivity index (χ3n) is 4.92. The molecule has 4 rings (SSSR count). The highest BCUT2D eigenvalue weighted by Crippen LogP contribution is 2.36. The van der Waals surface area contributed by atoms with E-state index in [2.05, 4.69) is 40.5 Å². The largest absolute Gasteiger partial charge is 0.315 e. The van der Waals surface area contributed by atoms with Crippen molar-refractivity contribution in [2.24, 2.45) is 0 Å². The fourth-order valence-electron chi connectivity index (χ4n) is 3.63. The van der Waals surface area contributed by atoms with Crippen molar-refractivity contribution in [3.63, 3.8) is 0 Å². The summed E-state index contributed by atoms with van der Waals surface area (Å²) >= 11 is 12.9. The molecule has 3 nitrogen and oxygen atoms in total. The fraction of sp³-hybridized carbons (Fsp3) is 0.286. The van der Waals surface area contributed by atoms with Crippen LogP contribution in [0.4, 0.5) is 0 Å². The Morgan fingerprint density at radius 2 is 1.81 bits per heavy atom. The molecule has 1 saturated heterocycles. The van der Waals surface area contributed by atoms with Crippen molar-refractivity contribution in [3.05, 3.63) is 75.9 Å². The summed E-state index contributed by atoms with van der Waals surface area (Å²) in [6, 6.07) is 18.3. The lowest BCUT2D eigenvalue weighted by molar-refractivity contribution is 0.238. The number of nitrogens with one attached hydrogen (secondary N) is 1. The predicted octanol–water partition coefficient (Wildman–Crippen LogP) is 4.93. The van der Waals surface area contributed by atoms with Crippen molar-refractivity contribution in [2.75, 3.05) is 26.2 Å². The zero-order valence-electron chi connectivity index (χ0n) is 14.5. The molecule has 26 heavy (non-hydrogen) atoms.